The molecule has 0 aliphatic carbocycles. The summed E-state index contributed by atoms with van der Waals surface area (Å²) in [6.07, 6.45) is 1.40. The summed E-state index contributed by atoms with van der Waals surface area (Å²) >= 11 is 0. The number of anilines is 1. The van der Waals surface area contributed by atoms with E-state index in [0.717, 1.165) is 5.56 Å². The predicted molar refractivity (Wildman–Crippen MR) is 75.2 cm³/mol. The van der Waals surface area contributed by atoms with Crippen LogP contribution in [0, 0.1) is 13.8 Å². The average molecular weight is 289 g/mol. The highest BCUT2D eigenvalue weighted by atomic mass is 16.5. The van der Waals surface area contributed by atoms with E-state index in [1.54, 1.807) is 26.0 Å². The number of carbonyl (C=O) groups excluding carboxylic acids is 1. The summed E-state index contributed by atoms with van der Waals surface area (Å²) in [4.78, 5) is 23.1. The molecule has 2 rings (SSSR count). The lowest BCUT2D eigenvalue weighted by Crippen LogP contribution is -2.29. The van der Waals surface area contributed by atoms with Crippen molar-refractivity contribution >= 4 is 17.7 Å². The second-order valence-corrected chi connectivity index (χ2v) is 4.61. The van der Waals surface area contributed by atoms with E-state index in [0.29, 0.717) is 11.3 Å². The highest BCUT2D eigenvalue weighted by molar-refractivity contribution is 6.01. The lowest BCUT2D eigenvalue weighted by atomic mass is 10.0. The van der Waals surface area contributed by atoms with Gasteiger partial charge in [-0.2, -0.15) is 0 Å². The molecule has 1 aromatic carbocycles. The molecule has 0 saturated carbocycles. The zero-order valence-corrected chi connectivity index (χ0v) is 11.6. The van der Waals surface area contributed by atoms with Gasteiger partial charge in [-0.05, 0) is 31.0 Å². The molecule has 1 aromatic heterocycles. The van der Waals surface area contributed by atoms with Crippen LogP contribution in [0.2, 0.25) is 0 Å². The molecule has 0 aliphatic rings. The number of urea groups is 1. The Bertz CT molecular complexity index is 665. The molecule has 2 amide bonds. The molecule has 0 aliphatic heterocycles. The van der Waals surface area contributed by atoms with Crippen molar-refractivity contribution in [3.05, 3.63) is 46.8 Å². The van der Waals surface area contributed by atoms with Crippen molar-refractivity contribution in [1.82, 2.24) is 10.5 Å². The zero-order chi connectivity index (χ0) is 15.4. The molecule has 7 heteroatoms. The Labute approximate surface area is 120 Å². The Morgan fingerprint density at radius 2 is 2.10 bits per heavy atom. The highest BCUT2D eigenvalue weighted by Gasteiger charge is 2.15. The fourth-order valence-corrected chi connectivity index (χ4v) is 1.96. The van der Waals surface area contributed by atoms with Crippen molar-refractivity contribution in [3.8, 4) is 0 Å². The van der Waals surface area contributed by atoms with Gasteiger partial charge in [0.15, 0.2) is 0 Å². The number of aryl methyl sites for hydroxylation is 2. The van der Waals surface area contributed by atoms with E-state index in [1.165, 1.54) is 12.3 Å². The van der Waals surface area contributed by atoms with Gasteiger partial charge in [0, 0.05) is 6.07 Å². The summed E-state index contributed by atoms with van der Waals surface area (Å²) in [7, 11) is 0. The molecule has 0 spiro atoms. The van der Waals surface area contributed by atoms with Gasteiger partial charge in [-0.25, -0.2) is 9.59 Å². The van der Waals surface area contributed by atoms with Gasteiger partial charge in [-0.3, -0.25) is 0 Å². The SMILES string of the molecule is Cc1cc(C)c(NC(=O)NCc2ccon2)c(C(=O)O)c1. The highest BCUT2D eigenvalue weighted by Crippen LogP contribution is 2.22. The molecule has 0 fully saturated rings. The van der Waals surface area contributed by atoms with Crippen molar-refractivity contribution in [3.63, 3.8) is 0 Å². The minimum atomic E-state index is -1.09. The fourth-order valence-electron chi connectivity index (χ4n) is 1.96. The minimum absolute atomic E-state index is 0.0593. The molecule has 0 radical (unpaired) electrons. The number of benzene rings is 1. The number of rotatable bonds is 4. The van der Waals surface area contributed by atoms with Gasteiger partial charge in [-0.15, -0.1) is 0 Å². The average Bonchev–Trinajstić information content (AvgIpc) is 2.92. The Balaban J connectivity index is 2.11. The molecule has 2 aromatic rings. The van der Waals surface area contributed by atoms with Crippen molar-refractivity contribution < 1.29 is 19.2 Å². The van der Waals surface area contributed by atoms with Gasteiger partial charge in [0.1, 0.15) is 12.0 Å². The molecular weight excluding hydrogens is 274 g/mol. The maximum atomic E-state index is 11.8. The number of hydrogen-bond donors (Lipinski definition) is 3. The molecule has 7 nitrogen and oxygen atoms in total. The van der Waals surface area contributed by atoms with Gasteiger partial charge in [0.25, 0.3) is 0 Å². The third-order valence-corrected chi connectivity index (χ3v) is 2.87. The molecule has 0 atom stereocenters. The van der Waals surface area contributed by atoms with E-state index >= 15 is 0 Å². The quantitative estimate of drug-likeness (QED) is 0.801. The van der Waals surface area contributed by atoms with E-state index in [4.69, 9.17) is 0 Å². The first-order valence-electron chi connectivity index (χ1n) is 6.26. The summed E-state index contributed by atoms with van der Waals surface area (Å²) in [5.41, 5.74) is 2.42. The van der Waals surface area contributed by atoms with Gasteiger partial charge in [0.05, 0.1) is 17.8 Å². The summed E-state index contributed by atoms with van der Waals surface area (Å²) in [5.74, 6) is -1.09. The van der Waals surface area contributed by atoms with Crippen molar-refractivity contribution in [2.45, 2.75) is 20.4 Å². The van der Waals surface area contributed by atoms with Crippen LogP contribution in [-0.4, -0.2) is 22.3 Å². The maximum Gasteiger partial charge on any atom is 0.337 e. The molecule has 110 valence electrons. The molecular formula is C14H15N3O4. The van der Waals surface area contributed by atoms with Gasteiger partial charge in [0.2, 0.25) is 0 Å². The largest absolute Gasteiger partial charge is 0.478 e. The van der Waals surface area contributed by atoms with Crippen LogP contribution in [0.4, 0.5) is 10.5 Å². The van der Waals surface area contributed by atoms with Gasteiger partial charge < -0.3 is 20.3 Å². The maximum absolute atomic E-state index is 11.8. The Hall–Kier alpha value is -2.83. The first-order valence-corrected chi connectivity index (χ1v) is 6.26. The summed E-state index contributed by atoms with van der Waals surface area (Å²) < 4.78 is 4.65. The summed E-state index contributed by atoms with van der Waals surface area (Å²) in [6, 6.07) is 4.44. The van der Waals surface area contributed by atoms with E-state index in [-0.39, 0.29) is 17.8 Å². The van der Waals surface area contributed by atoms with E-state index < -0.39 is 12.0 Å². The summed E-state index contributed by atoms with van der Waals surface area (Å²) in [6.45, 7) is 3.73. The minimum Gasteiger partial charge on any atom is -0.478 e. The Morgan fingerprint density at radius 1 is 1.33 bits per heavy atom. The number of carbonyl (C=O) groups is 2. The number of carboxylic acid groups (broad SMARTS) is 1. The smallest absolute Gasteiger partial charge is 0.337 e. The van der Waals surface area contributed by atoms with Gasteiger partial charge in [-0.1, -0.05) is 11.2 Å². The van der Waals surface area contributed by atoms with Crippen LogP contribution < -0.4 is 10.6 Å². The van der Waals surface area contributed by atoms with Crippen LogP contribution in [0.15, 0.2) is 29.0 Å². The van der Waals surface area contributed by atoms with Crippen LogP contribution in [0.3, 0.4) is 0 Å². The van der Waals surface area contributed by atoms with E-state index in [1.807, 2.05) is 0 Å². The molecule has 21 heavy (non-hydrogen) atoms. The van der Waals surface area contributed by atoms with Crippen molar-refractivity contribution in [2.24, 2.45) is 0 Å². The Kier molecular flexibility index (Phi) is 4.22. The van der Waals surface area contributed by atoms with Crippen molar-refractivity contribution in [1.29, 1.82) is 0 Å². The van der Waals surface area contributed by atoms with Gasteiger partial charge >= 0.3 is 12.0 Å². The first kappa shape index (κ1) is 14.6. The number of aromatic nitrogens is 1. The number of aromatic carboxylic acids is 1. The zero-order valence-electron chi connectivity index (χ0n) is 11.6. The third kappa shape index (κ3) is 3.59. The number of nitrogens with one attached hydrogen (secondary N) is 2. The molecule has 0 bridgehead atoms. The molecule has 1 heterocycles. The molecule has 3 N–H and O–H groups in total. The second kappa shape index (κ2) is 6.08. The predicted octanol–water partition coefficient (Wildman–Crippen LogP) is 2.31. The number of hydrogen-bond acceptors (Lipinski definition) is 4. The van der Waals surface area contributed by atoms with Crippen LogP contribution >= 0.6 is 0 Å². The third-order valence-electron chi connectivity index (χ3n) is 2.87. The normalized spacial score (nSPS) is 10.2. The van der Waals surface area contributed by atoms with Crippen LogP contribution in [0.5, 0.6) is 0 Å². The lowest BCUT2D eigenvalue weighted by molar-refractivity contribution is 0.0698. The fraction of sp³-hybridized carbons (Fsp3) is 0.214. The Morgan fingerprint density at radius 3 is 2.71 bits per heavy atom. The monoisotopic (exact) mass is 289 g/mol. The summed E-state index contributed by atoms with van der Waals surface area (Å²) in [5, 5.41) is 18.0. The second-order valence-electron chi connectivity index (χ2n) is 4.61. The topological polar surface area (TPSA) is 104 Å². The number of carboxylic acids is 1. The first-order chi connectivity index (χ1) is 9.97. The van der Waals surface area contributed by atoms with Crippen molar-refractivity contribution in [2.75, 3.05) is 5.32 Å². The number of nitrogens with zero attached hydrogens (tertiary/aromatic N) is 1. The lowest BCUT2D eigenvalue weighted by Gasteiger charge is -2.13. The molecule has 0 saturated heterocycles. The van der Waals surface area contributed by atoms with E-state index in [9.17, 15) is 14.7 Å². The number of amides is 2. The van der Waals surface area contributed by atoms with Crippen LogP contribution in [0.1, 0.15) is 27.2 Å². The standard InChI is InChI=1S/C14H15N3O4/c1-8-5-9(2)12(11(6-8)13(18)19)16-14(20)15-7-10-3-4-21-17-10/h3-6H,7H2,1-2H3,(H,18,19)(H2,15,16,20). The molecule has 0 unspecified atom stereocenters. The van der Waals surface area contributed by atoms with Crippen LogP contribution in [0.25, 0.3) is 0 Å². The van der Waals surface area contributed by atoms with E-state index in [2.05, 4.69) is 20.3 Å². The van der Waals surface area contributed by atoms with Crippen LogP contribution in [-0.2, 0) is 6.54 Å².